The number of hydrogen-bond acceptors (Lipinski definition) is 8. The van der Waals surface area contributed by atoms with Crippen molar-refractivity contribution in [1.29, 1.82) is 0 Å². The van der Waals surface area contributed by atoms with Gasteiger partial charge in [-0.1, -0.05) is 0 Å². The number of anilines is 2. The van der Waals surface area contributed by atoms with Gasteiger partial charge in [-0.15, -0.1) is 0 Å². The minimum Gasteiger partial charge on any atom is -0.454 e. The molecule has 2 aromatic rings. The Labute approximate surface area is 179 Å². The molecule has 0 saturated carbocycles. The van der Waals surface area contributed by atoms with E-state index in [1.54, 1.807) is 12.1 Å². The van der Waals surface area contributed by atoms with Crippen LogP contribution in [0.4, 0.5) is 11.4 Å². The van der Waals surface area contributed by atoms with E-state index in [4.69, 9.17) is 18.9 Å². The maximum Gasteiger partial charge on any atom is 0.238 e. The average Bonchev–Trinajstić information content (AvgIpc) is 3.41. The molecular weight excluding hydrogens is 402 g/mol. The topological polar surface area (TPSA) is 89.6 Å². The zero-order chi connectivity index (χ0) is 21.4. The van der Waals surface area contributed by atoms with E-state index in [0.717, 1.165) is 43.4 Å². The zero-order valence-electron chi connectivity index (χ0n) is 17.2. The maximum atomic E-state index is 12.7. The van der Waals surface area contributed by atoms with Gasteiger partial charge < -0.3 is 29.2 Å². The number of rotatable bonds is 5. The number of hydrogen-bond donors (Lipinski definition) is 1. The predicted octanol–water partition coefficient (Wildman–Crippen LogP) is 2.11. The van der Waals surface area contributed by atoms with Crippen molar-refractivity contribution in [1.82, 2.24) is 4.90 Å². The standard InChI is InChI=1S/C22H23N3O6/c1-14(26)16-9-20-21(31-13-30-20)10-17(16)23-22(27)11-24-4-6-25(7-5-24)15-2-3-18-19(8-15)29-12-28-18/h2-3,8-10H,4-7,11-13H2,1H3,(H,23,27). The van der Waals surface area contributed by atoms with Gasteiger partial charge in [0.15, 0.2) is 28.8 Å². The van der Waals surface area contributed by atoms with Crippen LogP contribution < -0.4 is 29.2 Å². The van der Waals surface area contributed by atoms with Crippen LogP contribution in [0.25, 0.3) is 0 Å². The molecule has 1 saturated heterocycles. The number of carbonyl (C=O) groups excluding carboxylic acids is 2. The summed E-state index contributed by atoms with van der Waals surface area (Å²) < 4.78 is 21.5. The molecule has 3 aliphatic rings. The van der Waals surface area contributed by atoms with Gasteiger partial charge in [0.05, 0.1) is 12.2 Å². The van der Waals surface area contributed by atoms with Crippen LogP contribution in [0, 0.1) is 0 Å². The highest BCUT2D eigenvalue weighted by Crippen LogP contribution is 2.37. The molecule has 9 nitrogen and oxygen atoms in total. The van der Waals surface area contributed by atoms with Gasteiger partial charge in [-0.25, -0.2) is 0 Å². The number of amides is 1. The number of ether oxygens (including phenoxy) is 4. The summed E-state index contributed by atoms with van der Waals surface area (Å²) in [6.45, 7) is 5.19. The Hall–Kier alpha value is -3.46. The Morgan fingerprint density at radius 3 is 2.23 bits per heavy atom. The minimum absolute atomic E-state index is 0.109. The summed E-state index contributed by atoms with van der Waals surface area (Å²) in [5.74, 6) is 2.26. The fourth-order valence-electron chi connectivity index (χ4n) is 3.98. The molecule has 31 heavy (non-hydrogen) atoms. The van der Waals surface area contributed by atoms with Crippen LogP contribution >= 0.6 is 0 Å². The number of Topliss-reactive ketones (excluding diaryl/α,β-unsaturated/α-hetero) is 1. The van der Waals surface area contributed by atoms with Crippen molar-refractivity contribution in [3.8, 4) is 23.0 Å². The molecule has 9 heteroatoms. The van der Waals surface area contributed by atoms with Crippen molar-refractivity contribution in [2.24, 2.45) is 0 Å². The van der Waals surface area contributed by atoms with Crippen LogP contribution in [-0.2, 0) is 4.79 Å². The number of carbonyl (C=O) groups is 2. The van der Waals surface area contributed by atoms with E-state index < -0.39 is 0 Å². The Morgan fingerprint density at radius 2 is 1.52 bits per heavy atom. The molecule has 0 unspecified atom stereocenters. The van der Waals surface area contributed by atoms with Gasteiger partial charge in [0.2, 0.25) is 19.5 Å². The second kappa shape index (κ2) is 7.99. The van der Waals surface area contributed by atoms with E-state index in [1.165, 1.54) is 6.92 Å². The molecule has 0 aliphatic carbocycles. The summed E-state index contributed by atoms with van der Waals surface area (Å²) in [5.41, 5.74) is 1.94. The summed E-state index contributed by atoms with van der Waals surface area (Å²) in [6.07, 6.45) is 0. The van der Waals surface area contributed by atoms with E-state index in [-0.39, 0.29) is 31.8 Å². The lowest BCUT2D eigenvalue weighted by atomic mass is 10.1. The third kappa shape index (κ3) is 3.96. The normalized spacial score (nSPS) is 17.0. The molecule has 0 atom stereocenters. The molecule has 1 amide bonds. The van der Waals surface area contributed by atoms with E-state index in [9.17, 15) is 9.59 Å². The Morgan fingerprint density at radius 1 is 0.871 bits per heavy atom. The molecule has 0 aromatic heterocycles. The monoisotopic (exact) mass is 425 g/mol. The first-order valence-electron chi connectivity index (χ1n) is 10.2. The van der Waals surface area contributed by atoms with Gasteiger partial charge in [0, 0.05) is 49.6 Å². The first-order chi connectivity index (χ1) is 15.1. The third-order valence-electron chi connectivity index (χ3n) is 5.63. The quantitative estimate of drug-likeness (QED) is 0.729. The summed E-state index contributed by atoms with van der Waals surface area (Å²) in [6, 6.07) is 9.21. The number of nitrogens with zero attached hydrogens (tertiary/aromatic N) is 2. The van der Waals surface area contributed by atoms with Crippen LogP contribution in [0.5, 0.6) is 23.0 Å². The van der Waals surface area contributed by atoms with Gasteiger partial charge >= 0.3 is 0 Å². The van der Waals surface area contributed by atoms with Crippen LogP contribution in [0.2, 0.25) is 0 Å². The SMILES string of the molecule is CC(=O)c1cc2c(cc1NC(=O)CN1CCN(c3ccc4c(c3)OCO4)CC1)OCO2. The maximum absolute atomic E-state index is 12.7. The first kappa shape index (κ1) is 19.5. The molecule has 0 bridgehead atoms. The summed E-state index contributed by atoms with van der Waals surface area (Å²) >= 11 is 0. The molecular formula is C22H23N3O6. The van der Waals surface area contributed by atoms with Crippen molar-refractivity contribution in [2.45, 2.75) is 6.92 Å². The lowest BCUT2D eigenvalue weighted by molar-refractivity contribution is -0.117. The molecule has 5 rings (SSSR count). The summed E-state index contributed by atoms with van der Waals surface area (Å²) in [4.78, 5) is 29.0. The largest absolute Gasteiger partial charge is 0.454 e. The Bertz CT molecular complexity index is 1030. The molecule has 162 valence electrons. The predicted molar refractivity (Wildman–Crippen MR) is 112 cm³/mol. The lowest BCUT2D eigenvalue weighted by Gasteiger charge is -2.35. The highest BCUT2D eigenvalue weighted by atomic mass is 16.7. The van der Waals surface area contributed by atoms with Crippen LogP contribution in [0.15, 0.2) is 30.3 Å². The van der Waals surface area contributed by atoms with Crippen molar-refractivity contribution in [3.63, 3.8) is 0 Å². The third-order valence-corrected chi connectivity index (χ3v) is 5.63. The average molecular weight is 425 g/mol. The minimum atomic E-state index is -0.169. The Kier molecular flexibility index (Phi) is 5.03. The van der Waals surface area contributed by atoms with Crippen LogP contribution in [0.3, 0.4) is 0 Å². The zero-order valence-corrected chi connectivity index (χ0v) is 17.2. The van der Waals surface area contributed by atoms with Crippen molar-refractivity contribution < 1.29 is 28.5 Å². The second-order valence-corrected chi connectivity index (χ2v) is 7.66. The van der Waals surface area contributed by atoms with Gasteiger partial charge in [-0.2, -0.15) is 0 Å². The molecule has 3 heterocycles. The van der Waals surface area contributed by atoms with Crippen LogP contribution in [-0.4, -0.2) is 62.9 Å². The molecule has 2 aromatic carbocycles. The molecule has 1 fully saturated rings. The van der Waals surface area contributed by atoms with Gasteiger partial charge in [0.25, 0.3) is 0 Å². The molecule has 0 radical (unpaired) electrons. The fraction of sp³-hybridized carbons (Fsp3) is 0.364. The van der Waals surface area contributed by atoms with E-state index in [2.05, 4.69) is 15.1 Å². The van der Waals surface area contributed by atoms with Gasteiger partial charge in [-0.05, 0) is 25.1 Å². The van der Waals surface area contributed by atoms with E-state index in [1.807, 2.05) is 18.2 Å². The van der Waals surface area contributed by atoms with Gasteiger partial charge in [-0.3, -0.25) is 14.5 Å². The second-order valence-electron chi connectivity index (χ2n) is 7.66. The molecule has 1 N–H and O–H groups in total. The molecule has 3 aliphatic heterocycles. The number of benzene rings is 2. The highest BCUT2D eigenvalue weighted by Gasteiger charge is 2.24. The lowest BCUT2D eigenvalue weighted by Crippen LogP contribution is -2.48. The number of ketones is 1. The fourth-order valence-corrected chi connectivity index (χ4v) is 3.98. The highest BCUT2D eigenvalue weighted by molar-refractivity contribution is 6.05. The van der Waals surface area contributed by atoms with Crippen molar-refractivity contribution in [3.05, 3.63) is 35.9 Å². The number of fused-ring (bicyclic) bond motifs is 2. The Balaban J connectivity index is 1.18. The van der Waals surface area contributed by atoms with Crippen molar-refractivity contribution in [2.75, 3.05) is 56.5 Å². The van der Waals surface area contributed by atoms with E-state index in [0.29, 0.717) is 22.7 Å². The number of piperazine rings is 1. The van der Waals surface area contributed by atoms with E-state index >= 15 is 0 Å². The van der Waals surface area contributed by atoms with Crippen molar-refractivity contribution >= 4 is 23.1 Å². The van der Waals surface area contributed by atoms with Crippen LogP contribution in [0.1, 0.15) is 17.3 Å². The number of nitrogens with one attached hydrogen (secondary N) is 1. The summed E-state index contributed by atoms with van der Waals surface area (Å²) in [5, 5.41) is 2.86. The summed E-state index contributed by atoms with van der Waals surface area (Å²) in [7, 11) is 0. The van der Waals surface area contributed by atoms with Gasteiger partial charge in [0.1, 0.15) is 0 Å². The first-order valence-corrected chi connectivity index (χ1v) is 10.2. The molecule has 0 spiro atoms. The smallest absolute Gasteiger partial charge is 0.238 e.